The van der Waals surface area contributed by atoms with Crippen molar-refractivity contribution in [3.05, 3.63) is 74.0 Å². The third-order valence-electron chi connectivity index (χ3n) is 2.05. The maximum absolute atomic E-state index is 12.8. The van der Waals surface area contributed by atoms with Gasteiger partial charge in [0.15, 0.2) is 0 Å². The third kappa shape index (κ3) is 5.02. The summed E-state index contributed by atoms with van der Waals surface area (Å²) in [4.78, 5) is 1.96. The van der Waals surface area contributed by atoms with Gasteiger partial charge in [-0.1, -0.05) is 19.7 Å². The number of likely N-dealkylation sites (N-methyl/N-ethyl adjacent to an activating group) is 1. The van der Waals surface area contributed by atoms with E-state index in [1.165, 1.54) is 6.08 Å². The standard InChI is InChI=1S/C12H15FN2.C2H4/c1-5-11(13)6-9(2)7-12-8-15(4)10(3)14-12;1-2/h5-7,14H,1-3,8H2,4H3;1-2H2/b11-6+,12-7-;. The molecular formula is C14H19FN2. The molecule has 0 saturated carbocycles. The SMILES string of the molecule is C=C.C=C/C(F)=C\C(=C)/C=C1/CN(C)C(=C)N1. The van der Waals surface area contributed by atoms with E-state index in [0.29, 0.717) is 5.57 Å². The van der Waals surface area contributed by atoms with Gasteiger partial charge in [-0.15, -0.1) is 13.2 Å². The summed E-state index contributed by atoms with van der Waals surface area (Å²) in [6, 6.07) is 0. The maximum Gasteiger partial charge on any atom is 0.123 e. The zero-order valence-corrected chi connectivity index (χ0v) is 10.3. The van der Waals surface area contributed by atoms with Crippen molar-refractivity contribution < 1.29 is 4.39 Å². The molecule has 1 N–H and O–H groups in total. The van der Waals surface area contributed by atoms with Crippen molar-refractivity contribution in [2.45, 2.75) is 0 Å². The molecule has 1 aliphatic heterocycles. The molecule has 0 aromatic carbocycles. The van der Waals surface area contributed by atoms with E-state index in [1.807, 2.05) is 11.9 Å². The van der Waals surface area contributed by atoms with Crippen LogP contribution in [-0.2, 0) is 0 Å². The second kappa shape index (κ2) is 7.28. The number of hydrogen-bond acceptors (Lipinski definition) is 2. The lowest BCUT2D eigenvalue weighted by Crippen LogP contribution is -2.11. The number of nitrogens with one attached hydrogen (secondary N) is 1. The first-order chi connectivity index (χ1) is 8.02. The van der Waals surface area contributed by atoms with Gasteiger partial charge in [0, 0.05) is 12.7 Å². The molecule has 0 atom stereocenters. The van der Waals surface area contributed by atoms with Gasteiger partial charge in [-0.2, -0.15) is 0 Å². The van der Waals surface area contributed by atoms with E-state index < -0.39 is 0 Å². The lowest BCUT2D eigenvalue weighted by Gasteiger charge is -2.06. The average Bonchev–Trinajstić information content (AvgIpc) is 2.60. The van der Waals surface area contributed by atoms with E-state index in [-0.39, 0.29) is 5.83 Å². The molecule has 0 aromatic heterocycles. The Balaban J connectivity index is 0.00000121. The molecular weight excluding hydrogens is 215 g/mol. The summed E-state index contributed by atoms with van der Waals surface area (Å²) >= 11 is 0. The van der Waals surface area contributed by atoms with E-state index in [2.05, 4.69) is 38.2 Å². The Morgan fingerprint density at radius 1 is 1.47 bits per heavy atom. The first kappa shape index (κ1) is 15.0. The highest BCUT2D eigenvalue weighted by molar-refractivity contribution is 5.36. The summed E-state index contributed by atoms with van der Waals surface area (Å²) < 4.78 is 12.8. The van der Waals surface area contributed by atoms with Crippen molar-refractivity contribution in [2.75, 3.05) is 13.6 Å². The second-order valence-electron chi connectivity index (χ2n) is 3.41. The number of nitrogens with zero attached hydrogens (tertiary/aromatic N) is 1. The van der Waals surface area contributed by atoms with Crippen molar-refractivity contribution in [3.63, 3.8) is 0 Å². The Morgan fingerprint density at radius 2 is 2.06 bits per heavy atom. The Labute approximate surface area is 103 Å². The Bertz CT molecular complexity index is 378. The molecule has 0 unspecified atom stereocenters. The Kier molecular flexibility index (Phi) is 6.41. The summed E-state index contributed by atoms with van der Waals surface area (Å²) in [5.41, 5.74) is 1.55. The van der Waals surface area contributed by atoms with Gasteiger partial charge in [-0.25, -0.2) is 4.39 Å². The lowest BCUT2D eigenvalue weighted by atomic mass is 10.2. The highest BCUT2D eigenvalue weighted by Crippen LogP contribution is 2.13. The highest BCUT2D eigenvalue weighted by Gasteiger charge is 2.13. The van der Waals surface area contributed by atoms with Crippen molar-refractivity contribution in [1.29, 1.82) is 0 Å². The minimum atomic E-state index is -0.387. The molecule has 17 heavy (non-hydrogen) atoms. The molecule has 0 amide bonds. The fraction of sp³-hybridized carbons (Fsp3) is 0.143. The first-order valence-corrected chi connectivity index (χ1v) is 5.09. The van der Waals surface area contributed by atoms with Gasteiger partial charge < -0.3 is 10.2 Å². The summed E-state index contributed by atoms with van der Waals surface area (Å²) in [5.74, 6) is 0.448. The fourth-order valence-corrected chi connectivity index (χ4v) is 1.25. The molecule has 1 heterocycles. The zero-order valence-electron chi connectivity index (χ0n) is 10.3. The van der Waals surface area contributed by atoms with Crippen molar-refractivity contribution in [2.24, 2.45) is 0 Å². The van der Waals surface area contributed by atoms with Crippen LogP contribution in [0.25, 0.3) is 0 Å². The highest BCUT2D eigenvalue weighted by atomic mass is 19.1. The van der Waals surface area contributed by atoms with E-state index in [4.69, 9.17) is 0 Å². The topological polar surface area (TPSA) is 15.3 Å². The van der Waals surface area contributed by atoms with Gasteiger partial charge in [0.1, 0.15) is 5.83 Å². The summed E-state index contributed by atoms with van der Waals surface area (Å²) in [6.07, 6.45) is 4.28. The average molecular weight is 234 g/mol. The van der Waals surface area contributed by atoms with Crippen LogP contribution in [0.2, 0.25) is 0 Å². The van der Waals surface area contributed by atoms with Crippen molar-refractivity contribution in [3.8, 4) is 0 Å². The van der Waals surface area contributed by atoms with E-state index in [9.17, 15) is 4.39 Å². The van der Waals surface area contributed by atoms with Crippen LogP contribution in [0.1, 0.15) is 0 Å². The molecule has 1 fully saturated rings. The smallest absolute Gasteiger partial charge is 0.123 e. The largest absolute Gasteiger partial charge is 0.356 e. The molecule has 0 spiro atoms. The predicted octanol–water partition coefficient (Wildman–Crippen LogP) is 3.27. The maximum atomic E-state index is 12.8. The van der Waals surface area contributed by atoms with Crippen LogP contribution in [0.15, 0.2) is 74.0 Å². The van der Waals surface area contributed by atoms with Gasteiger partial charge >= 0.3 is 0 Å². The molecule has 0 radical (unpaired) electrons. The van der Waals surface area contributed by atoms with Gasteiger partial charge in [0.05, 0.1) is 12.4 Å². The first-order valence-electron chi connectivity index (χ1n) is 5.09. The second-order valence-corrected chi connectivity index (χ2v) is 3.41. The van der Waals surface area contributed by atoms with E-state index >= 15 is 0 Å². The fourth-order valence-electron chi connectivity index (χ4n) is 1.25. The molecule has 0 aliphatic carbocycles. The summed E-state index contributed by atoms with van der Waals surface area (Å²) in [5, 5.41) is 3.08. The van der Waals surface area contributed by atoms with Gasteiger partial charge in [0.25, 0.3) is 0 Å². The molecule has 1 aliphatic rings. The van der Waals surface area contributed by atoms with Crippen molar-refractivity contribution >= 4 is 0 Å². The van der Waals surface area contributed by atoms with Crippen LogP contribution in [0.3, 0.4) is 0 Å². The molecule has 0 bridgehead atoms. The molecule has 2 nitrogen and oxygen atoms in total. The van der Waals surface area contributed by atoms with E-state index in [1.54, 1.807) is 6.08 Å². The van der Waals surface area contributed by atoms with E-state index in [0.717, 1.165) is 24.1 Å². The Morgan fingerprint density at radius 3 is 2.47 bits per heavy atom. The molecule has 3 heteroatoms. The van der Waals surface area contributed by atoms with Gasteiger partial charge in [0.2, 0.25) is 0 Å². The van der Waals surface area contributed by atoms with Gasteiger partial charge in [-0.05, 0) is 23.8 Å². The number of halogens is 1. The van der Waals surface area contributed by atoms with Crippen LogP contribution in [0.5, 0.6) is 0 Å². The summed E-state index contributed by atoms with van der Waals surface area (Å²) in [7, 11) is 1.93. The Hall–Kier alpha value is -2.03. The van der Waals surface area contributed by atoms with Gasteiger partial charge in [-0.3, -0.25) is 0 Å². The molecule has 0 aromatic rings. The minimum absolute atomic E-state index is 0.387. The van der Waals surface area contributed by atoms with Crippen LogP contribution in [0.4, 0.5) is 4.39 Å². The molecule has 92 valence electrons. The normalized spacial score (nSPS) is 17.3. The van der Waals surface area contributed by atoms with Crippen LogP contribution in [-0.4, -0.2) is 18.5 Å². The number of hydrogen-bond donors (Lipinski definition) is 1. The molecule has 1 saturated heterocycles. The quantitative estimate of drug-likeness (QED) is 0.595. The van der Waals surface area contributed by atoms with Crippen LogP contribution < -0.4 is 5.32 Å². The third-order valence-corrected chi connectivity index (χ3v) is 2.05. The predicted molar refractivity (Wildman–Crippen MR) is 72.8 cm³/mol. The van der Waals surface area contributed by atoms with Crippen LogP contribution >= 0.6 is 0 Å². The molecule has 1 rings (SSSR count). The van der Waals surface area contributed by atoms with Crippen molar-refractivity contribution in [1.82, 2.24) is 10.2 Å². The number of rotatable bonds is 3. The van der Waals surface area contributed by atoms with Crippen LogP contribution in [0, 0.1) is 0 Å². The minimum Gasteiger partial charge on any atom is -0.356 e. The lowest BCUT2D eigenvalue weighted by molar-refractivity contribution is 0.493. The number of allylic oxidation sites excluding steroid dienone is 5. The monoisotopic (exact) mass is 234 g/mol. The zero-order chi connectivity index (χ0) is 13.4. The summed E-state index contributed by atoms with van der Waals surface area (Å²) in [6.45, 7) is 17.6.